The second-order valence-corrected chi connectivity index (χ2v) is 5.13. The fraction of sp³-hybridized carbons (Fsp3) is 0.222. The summed E-state index contributed by atoms with van der Waals surface area (Å²) in [7, 11) is 1.64. The molecule has 106 valence electrons. The Hall–Kier alpha value is -2.26. The molecule has 0 saturated carbocycles. The maximum Gasteiger partial charge on any atom is 0.149 e. The van der Waals surface area contributed by atoms with Crippen molar-refractivity contribution in [2.75, 3.05) is 7.11 Å². The van der Waals surface area contributed by atoms with Crippen LogP contribution in [0.15, 0.2) is 54.7 Å². The topological polar surface area (TPSA) is 39.2 Å². The number of benzene rings is 1. The number of hydrogen-bond donors (Lipinski definition) is 0. The average Bonchev–Trinajstić information content (AvgIpc) is 2.54. The Labute approximate surface area is 124 Å². The number of rotatable bonds is 4. The predicted octanol–water partition coefficient (Wildman–Crippen LogP) is 3.02. The SMILES string of the molecule is COC1C=Cc2ccccc2C1C(=O)Cc1ccccn1. The maximum absolute atomic E-state index is 12.7. The van der Waals surface area contributed by atoms with E-state index in [1.54, 1.807) is 13.3 Å². The van der Waals surface area contributed by atoms with Crippen molar-refractivity contribution in [1.29, 1.82) is 0 Å². The summed E-state index contributed by atoms with van der Waals surface area (Å²) in [5, 5.41) is 0. The van der Waals surface area contributed by atoms with Crippen molar-refractivity contribution >= 4 is 11.9 Å². The molecule has 1 aliphatic carbocycles. The fourth-order valence-electron chi connectivity index (χ4n) is 2.79. The van der Waals surface area contributed by atoms with Gasteiger partial charge in [0.05, 0.1) is 12.0 Å². The zero-order valence-electron chi connectivity index (χ0n) is 11.9. The van der Waals surface area contributed by atoms with Crippen molar-refractivity contribution in [3.8, 4) is 0 Å². The summed E-state index contributed by atoms with van der Waals surface area (Å²) in [6, 6.07) is 13.6. The molecule has 21 heavy (non-hydrogen) atoms. The number of Topliss-reactive ketones (excluding diaryl/α,β-unsaturated/α-hetero) is 1. The number of hydrogen-bond acceptors (Lipinski definition) is 3. The molecular formula is C18H17NO2. The number of nitrogens with zero attached hydrogens (tertiary/aromatic N) is 1. The van der Waals surface area contributed by atoms with Crippen LogP contribution >= 0.6 is 0 Å². The third-order valence-corrected chi connectivity index (χ3v) is 3.83. The molecule has 0 aliphatic heterocycles. The molecular weight excluding hydrogens is 262 g/mol. The lowest BCUT2D eigenvalue weighted by Crippen LogP contribution is -2.30. The number of fused-ring (bicyclic) bond motifs is 1. The van der Waals surface area contributed by atoms with Crippen LogP contribution in [0.1, 0.15) is 22.7 Å². The van der Waals surface area contributed by atoms with Gasteiger partial charge < -0.3 is 4.74 Å². The Bertz CT molecular complexity index is 664. The summed E-state index contributed by atoms with van der Waals surface area (Å²) in [6.45, 7) is 0. The maximum atomic E-state index is 12.7. The van der Waals surface area contributed by atoms with E-state index in [2.05, 4.69) is 4.98 Å². The molecule has 0 N–H and O–H groups in total. The Balaban J connectivity index is 1.91. The van der Waals surface area contributed by atoms with E-state index in [0.717, 1.165) is 16.8 Å². The number of carbonyl (C=O) groups excluding carboxylic acids is 1. The second kappa shape index (κ2) is 6.02. The van der Waals surface area contributed by atoms with Crippen molar-refractivity contribution in [3.63, 3.8) is 0 Å². The van der Waals surface area contributed by atoms with E-state index in [1.807, 2.05) is 54.6 Å². The predicted molar refractivity (Wildman–Crippen MR) is 82.0 cm³/mol. The van der Waals surface area contributed by atoms with Crippen LogP contribution in [0.25, 0.3) is 6.08 Å². The Morgan fingerprint density at radius 2 is 2.00 bits per heavy atom. The van der Waals surface area contributed by atoms with Gasteiger partial charge in [0.2, 0.25) is 0 Å². The third kappa shape index (κ3) is 2.78. The van der Waals surface area contributed by atoms with Crippen molar-refractivity contribution in [2.45, 2.75) is 18.4 Å². The van der Waals surface area contributed by atoms with E-state index in [9.17, 15) is 4.79 Å². The molecule has 2 unspecified atom stereocenters. The molecule has 1 heterocycles. The van der Waals surface area contributed by atoms with Crippen LogP contribution in [-0.2, 0) is 16.0 Å². The van der Waals surface area contributed by atoms with Gasteiger partial charge in [-0.1, -0.05) is 42.5 Å². The molecule has 1 aromatic heterocycles. The first-order chi connectivity index (χ1) is 10.3. The number of methoxy groups -OCH3 is 1. The highest BCUT2D eigenvalue weighted by Crippen LogP contribution is 2.32. The van der Waals surface area contributed by atoms with Crippen LogP contribution in [0.5, 0.6) is 0 Å². The van der Waals surface area contributed by atoms with Crippen LogP contribution in [0.2, 0.25) is 0 Å². The minimum absolute atomic E-state index is 0.136. The first-order valence-electron chi connectivity index (χ1n) is 7.02. The molecule has 3 heteroatoms. The van der Waals surface area contributed by atoms with Crippen LogP contribution in [-0.4, -0.2) is 24.0 Å². The smallest absolute Gasteiger partial charge is 0.149 e. The molecule has 1 aliphatic rings. The highest BCUT2D eigenvalue weighted by molar-refractivity contribution is 5.90. The number of ketones is 1. The fourth-order valence-corrected chi connectivity index (χ4v) is 2.79. The molecule has 2 aromatic rings. The highest BCUT2D eigenvalue weighted by Gasteiger charge is 2.32. The molecule has 0 bridgehead atoms. The standard InChI is InChI=1S/C18H17NO2/c1-21-17-10-9-13-6-2-3-8-15(13)18(17)16(20)12-14-7-4-5-11-19-14/h2-11,17-18H,12H2,1H3. The minimum atomic E-state index is -0.266. The van der Waals surface area contributed by atoms with Crippen LogP contribution in [0.4, 0.5) is 0 Å². The molecule has 3 nitrogen and oxygen atoms in total. The normalized spacial score (nSPS) is 20.0. The summed E-state index contributed by atoms with van der Waals surface area (Å²) in [6.07, 6.45) is 5.81. The van der Waals surface area contributed by atoms with E-state index in [0.29, 0.717) is 6.42 Å². The third-order valence-electron chi connectivity index (χ3n) is 3.83. The van der Waals surface area contributed by atoms with Gasteiger partial charge in [0.25, 0.3) is 0 Å². The van der Waals surface area contributed by atoms with Crippen molar-refractivity contribution in [2.24, 2.45) is 0 Å². The number of pyridine rings is 1. The summed E-state index contributed by atoms with van der Waals surface area (Å²) >= 11 is 0. The van der Waals surface area contributed by atoms with Crippen molar-refractivity contribution in [3.05, 3.63) is 71.6 Å². The van der Waals surface area contributed by atoms with Crippen molar-refractivity contribution < 1.29 is 9.53 Å². The first-order valence-corrected chi connectivity index (χ1v) is 7.02. The quantitative estimate of drug-likeness (QED) is 0.863. The van der Waals surface area contributed by atoms with Crippen molar-refractivity contribution in [1.82, 2.24) is 4.98 Å². The average molecular weight is 279 g/mol. The zero-order valence-corrected chi connectivity index (χ0v) is 11.9. The first kappa shape index (κ1) is 13.7. The van der Waals surface area contributed by atoms with Gasteiger partial charge in [-0.25, -0.2) is 0 Å². The molecule has 0 fully saturated rings. The van der Waals surface area contributed by atoms with Crippen LogP contribution in [0, 0.1) is 0 Å². The largest absolute Gasteiger partial charge is 0.376 e. The molecule has 0 spiro atoms. The van der Waals surface area contributed by atoms with Gasteiger partial charge in [-0.05, 0) is 23.3 Å². The van der Waals surface area contributed by atoms with Crippen LogP contribution in [0.3, 0.4) is 0 Å². The number of carbonyl (C=O) groups is 1. The Morgan fingerprint density at radius 1 is 1.19 bits per heavy atom. The van der Waals surface area contributed by atoms with E-state index in [1.165, 1.54) is 0 Å². The number of ether oxygens (including phenoxy) is 1. The molecule has 0 amide bonds. The highest BCUT2D eigenvalue weighted by atomic mass is 16.5. The van der Waals surface area contributed by atoms with Crippen LogP contribution < -0.4 is 0 Å². The second-order valence-electron chi connectivity index (χ2n) is 5.13. The molecule has 3 rings (SSSR count). The lowest BCUT2D eigenvalue weighted by atomic mass is 9.81. The minimum Gasteiger partial charge on any atom is -0.376 e. The summed E-state index contributed by atoms with van der Waals surface area (Å²) < 4.78 is 5.49. The number of aromatic nitrogens is 1. The van der Waals surface area contributed by atoms with Gasteiger partial charge in [0, 0.05) is 25.4 Å². The Kier molecular flexibility index (Phi) is 3.93. The molecule has 2 atom stereocenters. The summed E-state index contributed by atoms with van der Waals surface area (Å²) in [5.74, 6) is -0.129. The van der Waals surface area contributed by atoms with Gasteiger partial charge in [-0.3, -0.25) is 9.78 Å². The van der Waals surface area contributed by atoms with E-state index < -0.39 is 0 Å². The molecule has 1 aromatic carbocycles. The summed E-state index contributed by atoms with van der Waals surface area (Å²) in [5.41, 5.74) is 2.92. The monoisotopic (exact) mass is 279 g/mol. The van der Waals surface area contributed by atoms with E-state index in [-0.39, 0.29) is 17.8 Å². The van der Waals surface area contributed by atoms with E-state index >= 15 is 0 Å². The van der Waals surface area contributed by atoms with Gasteiger partial charge in [0.1, 0.15) is 5.78 Å². The van der Waals surface area contributed by atoms with Gasteiger partial charge in [-0.2, -0.15) is 0 Å². The summed E-state index contributed by atoms with van der Waals surface area (Å²) in [4.78, 5) is 17.0. The zero-order chi connectivity index (χ0) is 14.7. The van der Waals surface area contributed by atoms with Gasteiger partial charge >= 0.3 is 0 Å². The van der Waals surface area contributed by atoms with Gasteiger partial charge in [-0.15, -0.1) is 0 Å². The lowest BCUT2D eigenvalue weighted by Gasteiger charge is -2.27. The Morgan fingerprint density at radius 3 is 2.76 bits per heavy atom. The molecule has 0 radical (unpaired) electrons. The van der Waals surface area contributed by atoms with Gasteiger partial charge in [0.15, 0.2) is 0 Å². The lowest BCUT2D eigenvalue weighted by molar-refractivity contribution is -0.122. The molecule has 0 saturated heterocycles. The van der Waals surface area contributed by atoms with E-state index in [4.69, 9.17) is 4.74 Å².